The van der Waals surface area contributed by atoms with Crippen LogP contribution in [0.15, 0.2) is 95.0 Å². The molecule has 1 aliphatic heterocycles. The van der Waals surface area contributed by atoms with Crippen molar-refractivity contribution in [1.82, 2.24) is 24.0 Å². The lowest BCUT2D eigenvalue weighted by Crippen LogP contribution is -2.42. The van der Waals surface area contributed by atoms with Gasteiger partial charge in [0.2, 0.25) is 0 Å². The van der Waals surface area contributed by atoms with Gasteiger partial charge in [-0.25, -0.2) is 4.98 Å². The number of rotatable bonds is 0. The molecule has 0 spiro atoms. The van der Waals surface area contributed by atoms with Gasteiger partial charge in [-0.2, -0.15) is 4.98 Å². The number of benzene rings is 3. The zero-order valence-corrected chi connectivity index (χ0v) is 37.9. The van der Waals surface area contributed by atoms with E-state index in [4.69, 9.17) is 0 Å². The first kappa shape index (κ1) is 54.6. The summed E-state index contributed by atoms with van der Waals surface area (Å²) >= 11 is 0. The number of nitrogens with zero attached hydrogens (tertiary/aromatic N) is 6. The third kappa shape index (κ3) is 22.2. The SMILES string of the molecule is CC.CC.CC.CC(C)C.CC(C)C.CC(C)C.CN1CN(C)c2ccccc2C1=O.Cn1cnc(=O)c2ccccc21.Cn1cnc2ccccc2c1=O. The van der Waals surface area contributed by atoms with Crippen molar-refractivity contribution in [1.29, 1.82) is 0 Å². The number of carbonyl (C=O) groups is 1. The number of fused-ring (bicyclic) bond motifs is 3. The lowest BCUT2D eigenvalue weighted by molar-refractivity contribution is 0.0785. The van der Waals surface area contributed by atoms with E-state index in [1.165, 1.54) is 17.2 Å². The lowest BCUT2D eigenvalue weighted by atomic mass is 10.1. The maximum Gasteiger partial charge on any atom is 0.280 e. The minimum atomic E-state index is -0.163. The Balaban J connectivity index is -0.000000609. The highest BCUT2D eigenvalue weighted by molar-refractivity contribution is 6.01. The van der Waals surface area contributed by atoms with Gasteiger partial charge in [-0.05, 0) is 54.2 Å². The van der Waals surface area contributed by atoms with Crippen molar-refractivity contribution in [2.24, 2.45) is 31.8 Å². The van der Waals surface area contributed by atoms with E-state index in [2.05, 4.69) is 77.2 Å². The van der Waals surface area contributed by atoms with Crippen molar-refractivity contribution in [3.63, 3.8) is 0 Å². The molecule has 1 aliphatic rings. The normalized spacial score (nSPS) is 10.6. The Kier molecular flexibility index (Phi) is 31.3. The van der Waals surface area contributed by atoms with Crippen LogP contribution < -0.4 is 16.0 Å². The molecule has 1 amide bonds. The molecule has 0 unspecified atom stereocenters. The third-order valence-electron chi connectivity index (χ3n) is 6.00. The third-order valence-corrected chi connectivity index (χ3v) is 6.00. The van der Waals surface area contributed by atoms with Crippen molar-refractivity contribution in [3.8, 4) is 0 Å². The molecular formula is C46H76N6O3. The van der Waals surface area contributed by atoms with Crippen molar-refractivity contribution in [2.45, 2.75) is 104 Å². The summed E-state index contributed by atoms with van der Waals surface area (Å²) in [7, 11) is 7.37. The van der Waals surface area contributed by atoms with Crippen LogP contribution in [0.3, 0.4) is 0 Å². The molecule has 0 N–H and O–H groups in total. The molecule has 0 saturated carbocycles. The van der Waals surface area contributed by atoms with Gasteiger partial charge in [-0.15, -0.1) is 0 Å². The molecule has 0 atom stereocenters. The molecule has 5 aromatic rings. The van der Waals surface area contributed by atoms with Crippen LogP contribution in [0.2, 0.25) is 0 Å². The summed E-state index contributed by atoms with van der Waals surface area (Å²) in [5.74, 6) is 2.61. The van der Waals surface area contributed by atoms with E-state index in [1.807, 2.05) is 128 Å². The van der Waals surface area contributed by atoms with Gasteiger partial charge in [0.15, 0.2) is 0 Å². The number of para-hydroxylation sites is 3. The molecule has 0 bridgehead atoms. The van der Waals surface area contributed by atoms with E-state index in [0.29, 0.717) is 17.4 Å². The molecule has 9 nitrogen and oxygen atoms in total. The fourth-order valence-electron chi connectivity index (χ4n) is 4.04. The average molecular weight is 761 g/mol. The number of carbonyl (C=O) groups excluding carboxylic acids is 1. The molecule has 0 aliphatic carbocycles. The molecule has 3 aromatic carbocycles. The molecule has 308 valence electrons. The molecular weight excluding hydrogens is 685 g/mol. The predicted molar refractivity (Wildman–Crippen MR) is 241 cm³/mol. The van der Waals surface area contributed by atoms with Crippen LogP contribution in [0.5, 0.6) is 0 Å². The smallest absolute Gasteiger partial charge is 0.280 e. The molecule has 9 heteroatoms. The lowest BCUT2D eigenvalue weighted by Gasteiger charge is -2.33. The van der Waals surface area contributed by atoms with Crippen molar-refractivity contribution >= 4 is 33.4 Å². The van der Waals surface area contributed by atoms with Gasteiger partial charge in [-0.1, -0.05) is 140 Å². The number of hydrogen-bond donors (Lipinski definition) is 0. The highest BCUT2D eigenvalue weighted by Crippen LogP contribution is 2.24. The first-order chi connectivity index (χ1) is 26.0. The van der Waals surface area contributed by atoms with Gasteiger partial charge in [-0.3, -0.25) is 14.4 Å². The average Bonchev–Trinajstić information content (AvgIpc) is 3.16. The number of amides is 1. The van der Waals surface area contributed by atoms with E-state index in [9.17, 15) is 14.4 Å². The summed E-state index contributed by atoms with van der Waals surface area (Å²) in [6.45, 7) is 32.2. The van der Waals surface area contributed by atoms with Crippen molar-refractivity contribution in [3.05, 3.63) is 112 Å². The number of aromatic nitrogens is 4. The van der Waals surface area contributed by atoms with Crippen LogP contribution in [-0.2, 0) is 14.1 Å². The first-order valence-electron chi connectivity index (χ1n) is 19.8. The topological polar surface area (TPSA) is 93.3 Å². The Morgan fingerprint density at radius 1 is 0.509 bits per heavy atom. The Morgan fingerprint density at radius 2 is 0.927 bits per heavy atom. The van der Waals surface area contributed by atoms with E-state index in [0.717, 1.165) is 40.0 Å². The zero-order chi connectivity index (χ0) is 43.3. The van der Waals surface area contributed by atoms with Gasteiger partial charge >= 0.3 is 0 Å². The van der Waals surface area contributed by atoms with Gasteiger partial charge in [0.05, 0.1) is 52.4 Å². The van der Waals surface area contributed by atoms with Gasteiger partial charge in [0.25, 0.3) is 17.0 Å². The first-order valence-corrected chi connectivity index (χ1v) is 19.8. The summed E-state index contributed by atoms with van der Waals surface area (Å²) in [6, 6.07) is 22.4. The van der Waals surface area contributed by atoms with E-state index in [1.54, 1.807) is 24.1 Å². The molecule has 2 aromatic heterocycles. The Bertz CT molecular complexity index is 1820. The molecule has 6 rings (SSSR count). The molecule has 3 heterocycles. The zero-order valence-electron chi connectivity index (χ0n) is 37.9. The second kappa shape index (κ2) is 31.5. The fraction of sp³-hybridized carbons (Fsp3) is 0.500. The Labute approximate surface area is 334 Å². The second-order valence-electron chi connectivity index (χ2n) is 13.9. The molecule has 0 saturated heterocycles. The predicted octanol–water partition coefficient (Wildman–Crippen LogP) is 11.1. The largest absolute Gasteiger partial charge is 0.356 e. The maximum absolute atomic E-state index is 11.7. The fourth-order valence-corrected chi connectivity index (χ4v) is 4.04. The quantitative estimate of drug-likeness (QED) is 0.156. The number of aryl methyl sites for hydroxylation is 2. The summed E-state index contributed by atoms with van der Waals surface area (Å²) in [5.41, 5.74) is 3.31. The van der Waals surface area contributed by atoms with Crippen LogP contribution in [0.25, 0.3) is 21.8 Å². The summed E-state index contributed by atoms with van der Waals surface area (Å²) in [4.78, 5) is 45.9. The van der Waals surface area contributed by atoms with Crippen molar-refractivity contribution < 1.29 is 4.79 Å². The molecule has 0 radical (unpaired) electrons. The van der Waals surface area contributed by atoms with Crippen LogP contribution in [0.1, 0.15) is 114 Å². The minimum Gasteiger partial charge on any atom is -0.356 e. The summed E-state index contributed by atoms with van der Waals surface area (Å²) < 4.78 is 3.30. The molecule has 0 fully saturated rings. The highest BCUT2D eigenvalue weighted by Gasteiger charge is 2.23. The van der Waals surface area contributed by atoms with E-state index in [-0.39, 0.29) is 17.0 Å². The standard InChI is InChI=1S/C10H12N2O.2C9H8N2O.3C4H10.3C2H6/c1-11-7-12(2)10(13)8-5-3-4-6-9(8)11;1-11-6-10-9(12)7-4-2-3-5-8(7)11;1-11-6-10-8-5-3-2-4-7(8)9(11)12;3*1-4(2)3;3*1-2/h3-6H,7H2,1-2H3;2*2-6H,1H3;3*4H,1-3H3;3*1-2H3. The van der Waals surface area contributed by atoms with Crippen LogP contribution >= 0.6 is 0 Å². The maximum atomic E-state index is 11.7. The van der Waals surface area contributed by atoms with Gasteiger partial charge < -0.3 is 18.9 Å². The Hall–Kier alpha value is -4.79. The van der Waals surface area contributed by atoms with Gasteiger partial charge in [0, 0.05) is 28.2 Å². The number of hydrogen-bond acceptors (Lipinski definition) is 6. The molecule has 55 heavy (non-hydrogen) atoms. The summed E-state index contributed by atoms with van der Waals surface area (Å²) in [6.07, 6.45) is 3.06. The van der Waals surface area contributed by atoms with Crippen LogP contribution in [0, 0.1) is 17.8 Å². The van der Waals surface area contributed by atoms with Crippen molar-refractivity contribution in [2.75, 3.05) is 25.7 Å². The van der Waals surface area contributed by atoms with Crippen LogP contribution in [0.4, 0.5) is 5.69 Å². The minimum absolute atomic E-state index is 0.000556. The van der Waals surface area contributed by atoms with Gasteiger partial charge in [0.1, 0.15) is 0 Å². The summed E-state index contributed by atoms with van der Waals surface area (Å²) in [5, 5.41) is 1.34. The number of anilines is 1. The monoisotopic (exact) mass is 761 g/mol. The second-order valence-corrected chi connectivity index (χ2v) is 13.9. The van der Waals surface area contributed by atoms with E-state index < -0.39 is 0 Å². The van der Waals surface area contributed by atoms with Crippen LogP contribution in [-0.4, -0.2) is 50.7 Å². The van der Waals surface area contributed by atoms with E-state index >= 15 is 0 Å². The Morgan fingerprint density at radius 3 is 1.44 bits per heavy atom. The highest BCUT2D eigenvalue weighted by atomic mass is 16.2.